The normalized spacial score (nSPS) is 15.2. The zero-order valence-electron chi connectivity index (χ0n) is 17.7. The average Bonchev–Trinajstić information content (AvgIpc) is 3.28. The Hall–Kier alpha value is -3.37. The number of H-pyrrole nitrogens is 1. The van der Waals surface area contributed by atoms with Gasteiger partial charge in [0, 0.05) is 44.0 Å². The molecule has 1 fully saturated rings. The number of nitrogens with one attached hydrogen (secondary N) is 1. The molecule has 2 heterocycles. The van der Waals surface area contributed by atoms with Crippen LogP contribution in [0, 0.1) is 0 Å². The van der Waals surface area contributed by atoms with E-state index in [2.05, 4.69) is 92.6 Å². The second-order valence-electron chi connectivity index (χ2n) is 8.08. The van der Waals surface area contributed by atoms with E-state index in [0.29, 0.717) is 0 Å². The van der Waals surface area contributed by atoms with Crippen LogP contribution >= 0.6 is 0 Å². The van der Waals surface area contributed by atoms with Crippen LogP contribution in [0.5, 0.6) is 0 Å². The number of hydrogen-bond donors (Lipinski definition) is 1. The lowest BCUT2D eigenvalue weighted by Crippen LogP contribution is -2.46. The molecule has 0 amide bonds. The SMILES string of the molecule is C(=Cc1ccc(-c2nc3ccccc3[nH]2)cc1)CCN1CCN(c2ccccc2)CC1. The van der Waals surface area contributed by atoms with Crippen LogP contribution < -0.4 is 4.90 Å². The van der Waals surface area contributed by atoms with Gasteiger partial charge in [0.15, 0.2) is 0 Å². The highest BCUT2D eigenvalue weighted by Crippen LogP contribution is 2.21. The molecule has 0 spiro atoms. The molecule has 0 bridgehead atoms. The number of rotatable bonds is 6. The standard InChI is InChI=1S/C27H28N4/c1-2-9-24(10-3-1)31-20-18-30(19-21-31)17-7-6-8-22-13-15-23(16-14-22)27-28-25-11-4-5-12-26(25)29-27/h1-6,8-16H,7,17-21H2,(H,28,29). The Kier molecular flexibility index (Phi) is 5.81. The summed E-state index contributed by atoms with van der Waals surface area (Å²) in [4.78, 5) is 13.1. The molecular weight excluding hydrogens is 380 g/mol. The third kappa shape index (κ3) is 4.70. The molecule has 3 aromatic carbocycles. The molecule has 5 rings (SSSR count). The van der Waals surface area contributed by atoms with E-state index in [1.807, 2.05) is 18.2 Å². The van der Waals surface area contributed by atoms with Crippen molar-refractivity contribution in [1.29, 1.82) is 0 Å². The molecule has 4 aromatic rings. The fourth-order valence-corrected chi connectivity index (χ4v) is 4.19. The van der Waals surface area contributed by atoms with Crippen LogP contribution in [0.1, 0.15) is 12.0 Å². The van der Waals surface area contributed by atoms with Gasteiger partial charge in [0.05, 0.1) is 11.0 Å². The predicted octanol–water partition coefficient (Wildman–Crippen LogP) is 5.46. The first-order chi connectivity index (χ1) is 15.3. The summed E-state index contributed by atoms with van der Waals surface area (Å²) in [5, 5.41) is 0. The van der Waals surface area contributed by atoms with Crippen LogP contribution in [0.4, 0.5) is 5.69 Å². The molecule has 0 atom stereocenters. The number of anilines is 1. The maximum absolute atomic E-state index is 4.68. The lowest BCUT2D eigenvalue weighted by Gasteiger charge is -2.36. The zero-order chi connectivity index (χ0) is 20.9. The van der Waals surface area contributed by atoms with E-state index in [1.165, 1.54) is 11.3 Å². The zero-order valence-corrected chi connectivity index (χ0v) is 17.7. The highest BCUT2D eigenvalue weighted by atomic mass is 15.3. The summed E-state index contributed by atoms with van der Waals surface area (Å²) in [6.45, 7) is 5.61. The predicted molar refractivity (Wildman–Crippen MR) is 130 cm³/mol. The second kappa shape index (κ2) is 9.19. The van der Waals surface area contributed by atoms with Crippen molar-refractivity contribution in [1.82, 2.24) is 14.9 Å². The van der Waals surface area contributed by atoms with Gasteiger partial charge in [-0.1, -0.05) is 66.7 Å². The molecule has 1 aromatic heterocycles. The van der Waals surface area contributed by atoms with E-state index < -0.39 is 0 Å². The van der Waals surface area contributed by atoms with Gasteiger partial charge in [-0.05, 0) is 36.2 Å². The molecule has 0 unspecified atom stereocenters. The monoisotopic (exact) mass is 408 g/mol. The van der Waals surface area contributed by atoms with Gasteiger partial charge in [0.1, 0.15) is 5.82 Å². The lowest BCUT2D eigenvalue weighted by atomic mass is 10.1. The van der Waals surface area contributed by atoms with Crippen molar-refractivity contribution >= 4 is 22.8 Å². The summed E-state index contributed by atoms with van der Waals surface area (Å²) in [6.07, 6.45) is 5.60. The molecular formula is C27H28N4. The maximum Gasteiger partial charge on any atom is 0.138 e. The van der Waals surface area contributed by atoms with E-state index in [-0.39, 0.29) is 0 Å². The summed E-state index contributed by atoms with van der Waals surface area (Å²) in [6, 6.07) is 27.5. The first kappa shape index (κ1) is 19.6. The van der Waals surface area contributed by atoms with Crippen LogP contribution in [0.3, 0.4) is 0 Å². The van der Waals surface area contributed by atoms with E-state index in [4.69, 9.17) is 0 Å². The van der Waals surface area contributed by atoms with Crippen LogP contribution in [0.15, 0.2) is 84.9 Å². The molecule has 1 saturated heterocycles. The average molecular weight is 409 g/mol. The molecule has 1 aliphatic heterocycles. The Morgan fingerprint density at radius 1 is 0.806 bits per heavy atom. The van der Waals surface area contributed by atoms with Crippen LogP contribution in [0.25, 0.3) is 28.5 Å². The van der Waals surface area contributed by atoms with E-state index >= 15 is 0 Å². The minimum atomic E-state index is 0.923. The van der Waals surface area contributed by atoms with Gasteiger partial charge >= 0.3 is 0 Å². The van der Waals surface area contributed by atoms with Crippen molar-refractivity contribution in [2.75, 3.05) is 37.6 Å². The lowest BCUT2D eigenvalue weighted by molar-refractivity contribution is 0.263. The number of hydrogen-bond acceptors (Lipinski definition) is 3. The van der Waals surface area contributed by atoms with Gasteiger partial charge in [0.25, 0.3) is 0 Å². The molecule has 0 saturated carbocycles. The van der Waals surface area contributed by atoms with Gasteiger partial charge in [-0.15, -0.1) is 0 Å². The van der Waals surface area contributed by atoms with E-state index in [0.717, 1.165) is 61.6 Å². The van der Waals surface area contributed by atoms with Gasteiger partial charge in [-0.3, -0.25) is 4.90 Å². The molecule has 0 aliphatic carbocycles. The molecule has 156 valence electrons. The van der Waals surface area contributed by atoms with Gasteiger partial charge in [-0.2, -0.15) is 0 Å². The molecule has 4 heteroatoms. The minimum Gasteiger partial charge on any atom is -0.369 e. The second-order valence-corrected chi connectivity index (χ2v) is 8.08. The Labute approximate surface area is 183 Å². The molecule has 0 radical (unpaired) electrons. The number of benzene rings is 3. The number of piperazine rings is 1. The summed E-state index contributed by atoms with van der Waals surface area (Å²) >= 11 is 0. The molecule has 1 N–H and O–H groups in total. The fourth-order valence-electron chi connectivity index (χ4n) is 4.19. The Morgan fingerprint density at radius 3 is 2.32 bits per heavy atom. The Bertz CT molecular complexity index is 1100. The summed E-state index contributed by atoms with van der Waals surface area (Å²) in [5.41, 5.74) is 5.77. The quantitative estimate of drug-likeness (QED) is 0.460. The minimum absolute atomic E-state index is 0.923. The highest BCUT2D eigenvalue weighted by Gasteiger charge is 2.16. The van der Waals surface area contributed by atoms with Gasteiger partial charge in [-0.25, -0.2) is 4.98 Å². The van der Waals surface area contributed by atoms with E-state index in [9.17, 15) is 0 Å². The van der Waals surface area contributed by atoms with Gasteiger partial charge in [0.2, 0.25) is 0 Å². The Balaban J connectivity index is 1.10. The van der Waals surface area contributed by atoms with Crippen LogP contribution in [-0.2, 0) is 0 Å². The number of aromatic amines is 1. The Morgan fingerprint density at radius 2 is 1.55 bits per heavy atom. The summed E-state index contributed by atoms with van der Waals surface area (Å²) in [5.74, 6) is 0.923. The number of aromatic nitrogens is 2. The summed E-state index contributed by atoms with van der Waals surface area (Å²) in [7, 11) is 0. The smallest absolute Gasteiger partial charge is 0.138 e. The largest absolute Gasteiger partial charge is 0.369 e. The topological polar surface area (TPSA) is 35.2 Å². The molecule has 1 aliphatic rings. The number of imidazole rings is 1. The summed E-state index contributed by atoms with van der Waals surface area (Å²) < 4.78 is 0. The van der Waals surface area contributed by atoms with Crippen molar-refractivity contribution in [3.8, 4) is 11.4 Å². The highest BCUT2D eigenvalue weighted by molar-refractivity contribution is 5.79. The van der Waals surface area contributed by atoms with Crippen molar-refractivity contribution in [2.45, 2.75) is 6.42 Å². The van der Waals surface area contributed by atoms with Crippen molar-refractivity contribution < 1.29 is 0 Å². The molecule has 4 nitrogen and oxygen atoms in total. The van der Waals surface area contributed by atoms with Gasteiger partial charge < -0.3 is 9.88 Å². The third-order valence-electron chi connectivity index (χ3n) is 5.99. The van der Waals surface area contributed by atoms with Crippen LogP contribution in [0.2, 0.25) is 0 Å². The molecule has 31 heavy (non-hydrogen) atoms. The number of nitrogens with zero attached hydrogens (tertiary/aromatic N) is 3. The fraction of sp³-hybridized carbons (Fsp3) is 0.222. The number of fused-ring (bicyclic) bond motifs is 1. The first-order valence-electron chi connectivity index (χ1n) is 11.1. The van der Waals surface area contributed by atoms with Crippen LogP contribution in [-0.4, -0.2) is 47.6 Å². The van der Waals surface area contributed by atoms with E-state index in [1.54, 1.807) is 0 Å². The first-order valence-corrected chi connectivity index (χ1v) is 11.1. The van der Waals surface area contributed by atoms with Crippen molar-refractivity contribution in [2.24, 2.45) is 0 Å². The van der Waals surface area contributed by atoms with Crippen molar-refractivity contribution in [3.05, 3.63) is 90.5 Å². The van der Waals surface area contributed by atoms with Crippen molar-refractivity contribution in [3.63, 3.8) is 0 Å². The maximum atomic E-state index is 4.68. The third-order valence-corrected chi connectivity index (χ3v) is 5.99. The number of para-hydroxylation sites is 3.